The molecule has 0 radical (unpaired) electrons. The van der Waals surface area contributed by atoms with Gasteiger partial charge in [-0.05, 0) is 23.6 Å². The maximum absolute atomic E-state index is 14.0. The minimum atomic E-state index is -2.75. The number of nitrogens with two attached hydrogens (primary N) is 2. The van der Waals surface area contributed by atoms with Crippen molar-refractivity contribution in [2.75, 3.05) is 31.2 Å². The highest BCUT2D eigenvalue weighted by atomic mass is 19.3. The van der Waals surface area contributed by atoms with Crippen LogP contribution in [-0.2, 0) is 23.6 Å². The van der Waals surface area contributed by atoms with E-state index in [0.29, 0.717) is 48.1 Å². The number of rotatable bonds is 4. The van der Waals surface area contributed by atoms with Gasteiger partial charge in [-0.1, -0.05) is 18.2 Å². The number of hydrogen-bond acceptors (Lipinski definition) is 6. The summed E-state index contributed by atoms with van der Waals surface area (Å²) in [6.45, 7) is 3.26. The highest BCUT2D eigenvalue weighted by molar-refractivity contribution is 5.50. The molecule has 0 unspecified atom stereocenters. The summed E-state index contributed by atoms with van der Waals surface area (Å²) < 4.78 is 33.4. The number of benzene rings is 1. The van der Waals surface area contributed by atoms with Gasteiger partial charge in [0.1, 0.15) is 5.82 Å². The Hall–Kier alpha value is -2.87. The molecular weight excluding hydrogens is 376 g/mol. The van der Waals surface area contributed by atoms with Crippen LogP contribution in [0.5, 0.6) is 0 Å². The number of morpholine rings is 1. The monoisotopic (exact) mass is 401 g/mol. The van der Waals surface area contributed by atoms with Crippen LogP contribution >= 0.6 is 0 Å². The average molecular weight is 401 g/mol. The fourth-order valence-corrected chi connectivity index (χ4v) is 3.95. The Labute approximate surface area is 167 Å². The number of alkyl halides is 2. The molecule has 1 saturated heterocycles. The molecule has 5 N–H and O–H groups in total. The number of nitrogens with one attached hydrogen (secondary N) is 1. The largest absolute Gasteiger partial charge is 0.403 e. The summed E-state index contributed by atoms with van der Waals surface area (Å²) in [7, 11) is 0. The fraction of sp³-hybridized carbons (Fsp3) is 0.381. The predicted molar refractivity (Wildman–Crippen MR) is 108 cm³/mol. The number of fused-ring (bicyclic) bond motifs is 1. The molecule has 1 fully saturated rings. The third-order valence-corrected chi connectivity index (χ3v) is 5.55. The van der Waals surface area contributed by atoms with E-state index in [9.17, 15) is 8.78 Å². The third-order valence-electron chi connectivity index (χ3n) is 5.55. The summed E-state index contributed by atoms with van der Waals surface area (Å²) in [6.07, 6.45) is 3.41. The van der Waals surface area contributed by atoms with Gasteiger partial charge in [0.25, 0.3) is 5.92 Å². The lowest BCUT2D eigenvalue weighted by atomic mass is 10.0. The molecule has 154 valence electrons. The van der Waals surface area contributed by atoms with Crippen LogP contribution in [-0.4, -0.2) is 31.3 Å². The molecule has 1 aromatic carbocycles. The Bertz CT molecular complexity index is 1020. The first kappa shape index (κ1) is 19.4. The first-order valence-electron chi connectivity index (χ1n) is 9.73. The minimum absolute atomic E-state index is 0.127. The molecule has 6 nitrogen and oxygen atoms in total. The molecule has 2 aromatic rings. The molecule has 8 heteroatoms. The minimum Gasteiger partial charge on any atom is -0.403 e. The van der Waals surface area contributed by atoms with Gasteiger partial charge in [-0.15, -0.1) is 0 Å². The molecule has 0 amide bonds. The zero-order chi connectivity index (χ0) is 20.4. The standard InChI is InChI=1S/C21H25F2N5O/c22-21(23)5-4-16-14(2-1-3-18(16)21)12-27-20(25)17-10-15(13-26-19(17)11-24)28-6-8-29-9-7-28/h1-3,10-11,13,27H,4-9,12,24-25H2/b19-11+,20-17+. The van der Waals surface area contributed by atoms with Gasteiger partial charge in [-0.25, -0.2) is 8.78 Å². The van der Waals surface area contributed by atoms with Crippen LogP contribution in [0.2, 0.25) is 0 Å². The Kier molecular flexibility index (Phi) is 5.27. The van der Waals surface area contributed by atoms with E-state index < -0.39 is 5.92 Å². The second kappa shape index (κ2) is 7.87. The Morgan fingerprint density at radius 1 is 1.31 bits per heavy atom. The summed E-state index contributed by atoms with van der Waals surface area (Å²) in [5.41, 5.74) is 14.7. The summed E-state index contributed by atoms with van der Waals surface area (Å²) in [5, 5.41) is 4.42. The van der Waals surface area contributed by atoms with Gasteiger partial charge < -0.3 is 26.4 Å². The van der Waals surface area contributed by atoms with E-state index in [1.54, 1.807) is 12.3 Å². The molecule has 4 rings (SSSR count). The van der Waals surface area contributed by atoms with Crippen molar-refractivity contribution in [3.63, 3.8) is 0 Å². The van der Waals surface area contributed by atoms with E-state index in [2.05, 4.69) is 15.2 Å². The quantitative estimate of drug-likeness (QED) is 0.690. The topological polar surface area (TPSA) is 89.4 Å². The van der Waals surface area contributed by atoms with E-state index >= 15 is 0 Å². The van der Waals surface area contributed by atoms with Crippen molar-refractivity contribution in [2.24, 2.45) is 11.5 Å². The number of anilines is 1. The summed E-state index contributed by atoms with van der Waals surface area (Å²) in [4.78, 5) is 6.60. The van der Waals surface area contributed by atoms with E-state index in [0.717, 1.165) is 24.3 Å². The van der Waals surface area contributed by atoms with Crippen LogP contribution in [0.4, 0.5) is 14.5 Å². The van der Waals surface area contributed by atoms with Gasteiger partial charge in [-0.2, -0.15) is 0 Å². The van der Waals surface area contributed by atoms with Crippen molar-refractivity contribution < 1.29 is 13.5 Å². The van der Waals surface area contributed by atoms with Crippen molar-refractivity contribution in [3.05, 3.63) is 57.7 Å². The van der Waals surface area contributed by atoms with E-state index in [-0.39, 0.29) is 12.0 Å². The normalized spacial score (nSPS) is 19.8. The van der Waals surface area contributed by atoms with E-state index in [4.69, 9.17) is 16.2 Å². The van der Waals surface area contributed by atoms with Gasteiger partial charge >= 0.3 is 0 Å². The lowest BCUT2D eigenvalue weighted by molar-refractivity contribution is -0.00184. The number of aromatic nitrogens is 1. The van der Waals surface area contributed by atoms with Gasteiger partial charge in [0.2, 0.25) is 0 Å². The van der Waals surface area contributed by atoms with Crippen LogP contribution in [0.3, 0.4) is 0 Å². The van der Waals surface area contributed by atoms with E-state index in [1.807, 2.05) is 12.1 Å². The lowest BCUT2D eigenvalue weighted by Gasteiger charge is -2.28. The molecule has 0 spiro atoms. The van der Waals surface area contributed by atoms with Crippen molar-refractivity contribution in [1.29, 1.82) is 0 Å². The van der Waals surface area contributed by atoms with Gasteiger partial charge in [0.15, 0.2) is 0 Å². The zero-order valence-corrected chi connectivity index (χ0v) is 16.1. The number of hydrogen-bond donors (Lipinski definition) is 3. The molecule has 1 aliphatic carbocycles. The Morgan fingerprint density at radius 3 is 2.86 bits per heavy atom. The maximum Gasteiger partial charge on any atom is 0.273 e. The van der Waals surface area contributed by atoms with E-state index in [1.165, 1.54) is 12.3 Å². The maximum atomic E-state index is 14.0. The molecule has 1 aromatic heterocycles. The smallest absolute Gasteiger partial charge is 0.273 e. The summed E-state index contributed by atoms with van der Waals surface area (Å²) in [5.74, 6) is -2.34. The Balaban J connectivity index is 1.62. The highest BCUT2D eigenvalue weighted by Gasteiger charge is 2.39. The van der Waals surface area contributed by atoms with Gasteiger partial charge in [-0.3, -0.25) is 4.98 Å². The second-order valence-corrected chi connectivity index (χ2v) is 7.31. The molecule has 1 aliphatic heterocycles. The highest BCUT2D eigenvalue weighted by Crippen LogP contribution is 2.42. The first-order chi connectivity index (χ1) is 14.0. The van der Waals surface area contributed by atoms with Crippen LogP contribution < -0.4 is 32.3 Å². The molecule has 2 heterocycles. The predicted octanol–water partition coefficient (Wildman–Crippen LogP) is 0.467. The van der Waals surface area contributed by atoms with Crippen molar-refractivity contribution in [1.82, 2.24) is 10.3 Å². The number of pyridine rings is 1. The van der Waals surface area contributed by atoms with Crippen LogP contribution in [0.1, 0.15) is 23.1 Å². The molecule has 0 bridgehead atoms. The number of halogens is 2. The third kappa shape index (κ3) is 3.85. The molecule has 2 aliphatic rings. The zero-order valence-electron chi connectivity index (χ0n) is 16.1. The number of nitrogens with zero attached hydrogens (tertiary/aromatic N) is 2. The number of ether oxygens (including phenoxy) is 1. The second-order valence-electron chi connectivity index (χ2n) is 7.31. The summed E-state index contributed by atoms with van der Waals surface area (Å²) >= 11 is 0. The molecular formula is C21H25F2N5O. The average Bonchev–Trinajstić information content (AvgIpc) is 3.07. The Morgan fingerprint density at radius 2 is 2.10 bits per heavy atom. The van der Waals surface area contributed by atoms with Crippen molar-refractivity contribution in [3.8, 4) is 0 Å². The van der Waals surface area contributed by atoms with Gasteiger partial charge in [0, 0.05) is 43.0 Å². The molecule has 0 atom stereocenters. The SMILES string of the molecule is N/C=c1/ncc(N2CCOCC2)c/c1=C(/N)NCc1cccc2c1CCC2(F)F. The summed E-state index contributed by atoms with van der Waals surface area (Å²) in [6, 6.07) is 6.99. The van der Waals surface area contributed by atoms with Gasteiger partial charge in [0.05, 0.1) is 30.4 Å². The molecule has 29 heavy (non-hydrogen) atoms. The van der Waals surface area contributed by atoms with Crippen LogP contribution in [0, 0.1) is 0 Å². The van der Waals surface area contributed by atoms with Crippen molar-refractivity contribution in [2.45, 2.75) is 25.3 Å². The van der Waals surface area contributed by atoms with Crippen LogP contribution in [0.25, 0.3) is 12.0 Å². The fourth-order valence-electron chi connectivity index (χ4n) is 3.95. The lowest BCUT2D eigenvalue weighted by Crippen LogP contribution is -2.41. The van der Waals surface area contributed by atoms with Crippen LogP contribution in [0.15, 0.2) is 30.5 Å². The van der Waals surface area contributed by atoms with Crippen molar-refractivity contribution >= 4 is 17.7 Å². The first-order valence-corrected chi connectivity index (χ1v) is 9.73. The molecule has 0 saturated carbocycles.